The summed E-state index contributed by atoms with van der Waals surface area (Å²) in [6, 6.07) is 9.31. The van der Waals surface area contributed by atoms with Gasteiger partial charge in [-0.2, -0.15) is 0 Å². The Labute approximate surface area is 154 Å². The molecule has 1 atom stereocenters. The first kappa shape index (κ1) is 18.1. The molecule has 3 rings (SSSR count). The lowest BCUT2D eigenvalue weighted by atomic mass is 10.1. The summed E-state index contributed by atoms with van der Waals surface area (Å²) >= 11 is 0. The lowest BCUT2D eigenvalue weighted by molar-refractivity contribution is -0.139. The second-order valence-corrected chi connectivity index (χ2v) is 5.78. The monoisotopic (exact) mass is 370 g/mol. The summed E-state index contributed by atoms with van der Waals surface area (Å²) in [5, 5.41) is 21.9. The van der Waals surface area contributed by atoms with Gasteiger partial charge in [0.2, 0.25) is 0 Å². The fourth-order valence-corrected chi connectivity index (χ4v) is 2.80. The second-order valence-electron chi connectivity index (χ2n) is 5.78. The van der Waals surface area contributed by atoms with E-state index < -0.39 is 17.9 Å². The van der Waals surface area contributed by atoms with Crippen LogP contribution in [-0.2, 0) is 4.79 Å². The van der Waals surface area contributed by atoms with Crippen LogP contribution in [0.3, 0.4) is 0 Å². The van der Waals surface area contributed by atoms with Crippen molar-refractivity contribution < 1.29 is 29.3 Å². The minimum Gasteiger partial charge on any atom is -0.508 e. The Morgan fingerprint density at radius 3 is 2.26 bits per heavy atom. The van der Waals surface area contributed by atoms with Crippen LogP contribution in [0.5, 0.6) is 17.2 Å². The van der Waals surface area contributed by atoms with Gasteiger partial charge < -0.3 is 30.0 Å². The zero-order chi connectivity index (χ0) is 19.6. The average Bonchev–Trinajstić information content (AvgIpc) is 3.11. The van der Waals surface area contributed by atoms with Crippen molar-refractivity contribution in [2.45, 2.75) is 6.04 Å². The quantitative estimate of drug-likeness (QED) is 0.529. The maximum absolute atomic E-state index is 12.6. The van der Waals surface area contributed by atoms with Crippen LogP contribution in [-0.4, -0.2) is 41.3 Å². The number of carbonyl (C=O) groups is 2. The summed E-state index contributed by atoms with van der Waals surface area (Å²) < 4.78 is 10.6. The highest BCUT2D eigenvalue weighted by atomic mass is 16.5. The molecule has 0 unspecified atom stereocenters. The van der Waals surface area contributed by atoms with E-state index in [9.17, 15) is 19.8 Å². The number of hydrogen-bond acceptors (Lipinski definition) is 5. The predicted octanol–water partition coefficient (Wildman–Crippen LogP) is 2.45. The number of ether oxygens (including phenoxy) is 2. The van der Waals surface area contributed by atoms with Crippen molar-refractivity contribution in [3.05, 3.63) is 53.7 Å². The van der Waals surface area contributed by atoms with Gasteiger partial charge in [-0.25, -0.2) is 4.79 Å². The van der Waals surface area contributed by atoms with Gasteiger partial charge in [0.15, 0.2) is 6.04 Å². The number of aromatic hydroxyl groups is 1. The molecule has 3 aromatic rings. The number of H-pyrrole nitrogens is 1. The number of hydrogen-bond donors (Lipinski definition) is 4. The van der Waals surface area contributed by atoms with Gasteiger partial charge in [0.05, 0.1) is 19.7 Å². The Morgan fingerprint density at radius 2 is 1.67 bits per heavy atom. The first-order chi connectivity index (χ1) is 12.9. The molecule has 0 saturated carbocycles. The number of nitrogens with one attached hydrogen (secondary N) is 2. The van der Waals surface area contributed by atoms with Crippen molar-refractivity contribution in [3.8, 4) is 17.2 Å². The number of carbonyl (C=O) groups excluding carboxylic acids is 1. The van der Waals surface area contributed by atoms with Gasteiger partial charge in [-0.3, -0.25) is 4.79 Å². The number of aromatic nitrogens is 1. The SMILES string of the molecule is COc1ccc(OC)c2[nH]c(C(=O)N[C@@H](C(=O)O)c3ccc(O)cc3)cc12. The molecule has 0 fully saturated rings. The number of rotatable bonds is 6. The van der Waals surface area contributed by atoms with Gasteiger partial charge in [0, 0.05) is 5.39 Å². The van der Waals surface area contributed by atoms with E-state index in [-0.39, 0.29) is 11.4 Å². The smallest absolute Gasteiger partial charge is 0.330 e. The van der Waals surface area contributed by atoms with Crippen LogP contribution in [0.2, 0.25) is 0 Å². The van der Waals surface area contributed by atoms with E-state index >= 15 is 0 Å². The molecule has 27 heavy (non-hydrogen) atoms. The normalized spacial score (nSPS) is 11.8. The van der Waals surface area contributed by atoms with Crippen molar-refractivity contribution in [2.75, 3.05) is 14.2 Å². The van der Waals surface area contributed by atoms with Crippen molar-refractivity contribution in [3.63, 3.8) is 0 Å². The highest BCUT2D eigenvalue weighted by molar-refractivity contribution is 6.02. The fraction of sp³-hybridized carbons (Fsp3) is 0.158. The lowest BCUT2D eigenvalue weighted by Crippen LogP contribution is -2.33. The summed E-state index contributed by atoms with van der Waals surface area (Å²) in [7, 11) is 3.02. The van der Waals surface area contributed by atoms with Crippen molar-refractivity contribution in [1.82, 2.24) is 10.3 Å². The number of methoxy groups -OCH3 is 2. The standard InChI is InChI=1S/C19H18N2O6/c1-26-14-7-8-15(27-2)17-12(14)9-13(20-17)18(23)21-16(19(24)25)10-3-5-11(22)6-4-10/h3-9,16,20,22H,1-2H3,(H,21,23)(H,24,25)/t16-/m1/s1. The van der Waals surface area contributed by atoms with Crippen LogP contribution in [0.1, 0.15) is 22.1 Å². The summed E-state index contributed by atoms with van der Waals surface area (Å²) in [4.78, 5) is 27.2. The minimum absolute atomic E-state index is 0.00372. The maximum atomic E-state index is 12.6. The average molecular weight is 370 g/mol. The number of phenolic OH excluding ortho intramolecular Hbond substituents is 1. The van der Waals surface area contributed by atoms with Gasteiger partial charge in [-0.15, -0.1) is 0 Å². The largest absolute Gasteiger partial charge is 0.508 e. The minimum atomic E-state index is -1.27. The molecule has 0 bridgehead atoms. The lowest BCUT2D eigenvalue weighted by Gasteiger charge is -2.14. The van der Waals surface area contributed by atoms with E-state index in [1.54, 1.807) is 18.2 Å². The van der Waals surface area contributed by atoms with Crippen LogP contribution >= 0.6 is 0 Å². The number of phenols is 1. The topological polar surface area (TPSA) is 121 Å². The third kappa shape index (κ3) is 3.50. The van der Waals surface area contributed by atoms with Gasteiger partial charge in [-0.1, -0.05) is 12.1 Å². The zero-order valence-electron chi connectivity index (χ0n) is 14.6. The van der Waals surface area contributed by atoms with E-state index in [4.69, 9.17) is 9.47 Å². The Morgan fingerprint density at radius 1 is 1.04 bits per heavy atom. The zero-order valence-corrected chi connectivity index (χ0v) is 14.6. The molecule has 1 aromatic heterocycles. The molecule has 4 N–H and O–H groups in total. The van der Waals surface area contributed by atoms with E-state index in [0.29, 0.717) is 28.0 Å². The molecule has 2 aromatic carbocycles. The summed E-state index contributed by atoms with van der Waals surface area (Å²) in [6.45, 7) is 0. The third-order valence-corrected chi connectivity index (χ3v) is 4.15. The van der Waals surface area contributed by atoms with E-state index in [1.165, 1.54) is 38.5 Å². The van der Waals surface area contributed by atoms with Crippen LogP contribution in [0.25, 0.3) is 10.9 Å². The Balaban J connectivity index is 1.94. The Kier molecular flexibility index (Phi) is 4.89. The van der Waals surface area contributed by atoms with Crippen LogP contribution in [0.4, 0.5) is 0 Å². The third-order valence-electron chi connectivity index (χ3n) is 4.15. The molecule has 0 aliphatic rings. The molecule has 1 amide bonds. The van der Waals surface area contributed by atoms with Crippen LogP contribution < -0.4 is 14.8 Å². The second kappa shape index (κ2) is 7.28. The van der Waals surface area contributed by atoms with Gasteiger partial charge >= 0.3 is 5.97 Å². The molecular formula is C19H18N2O6. The summed E-state index contributed by atoms with van der Waals surface area (Å²) in [5.74, 6) is -0.743. The first-order valence-corrected chi connectivity index (χ1v) is 8.01. The van der Waals surface area contributed by atoms with Crippen molar-refractivity contribution in [1.29, 1.82) is 0 Å². The number of benzene rings is 2. The molecule has 0 spiro atoms. The number of amides is 1. The molecular weight excluding hydrogens is 352 g/mol. The maximum Gasteiger partial charge on any atom is 0.330 e. The van der Waals surface area contributed by atoms with E-state index in [1.807, 2.05) is 0 Å². The van der Waals surface area contributed by atoms with E-state index in [2.05, 4.69) is 10.3 Å². The molecule has 1 heterocycles. The first-order valence-electron chi connectivity index (χ1n) is 8.01. The number of aromatic amines is 1. The summed E-state index contributed by atoms with van der Waals surface area (Å²) in [5.41, 5.74) is 1.07. The molecule has 8 nitrogen and oxygen atoms in total. The highest BCUT2D eigenvalue weighted by Gasteiger charge is 2.24. The molecule has 140 valence electrons. The number of fused-ring (bicyclic) bond motifs is 1. The van der Waals surface area contributed by atoms with Gasteiger partial charge in [0.1, 0.15) is 22.9 Å². The molecule has 8 heteroatoms. The highest BCUT2D eigenvalue weighted by Crippen LogP contribution is 2.33. The summed E-state index contributed by atoms with van der Waals surface area (Å²) in [6.07, 6.45) is 0. The molecule has 0 aliphatic heterocycles. The Bertz CT molecular complexity index is 952. The van der Waals surface area contributed by atoms with Crippen LogP contribution in [0.15, 0.2) is 42.5 Å². The van der Waals surface area contributed by atoms with Crippen LogP contribution in [0, 0.1) is 0 Å². The van der Waals surface area contributed by atoms with Gasteiger partial charge in [0.25, 0.3) is 5.91 Å². The van der Waals surface area contributed by atoms with E-state index in [0.717, 1.165) is 0 Å². The van der Waals surface area contributed by atoms with Gasteiger partial charge in [-0.05, 0) is 35.9 Å². The molecule has 0 aliphatic carbocycles. The number of aliphatic carboxylic acids is 1. The Hall–Kier alpha value is -3.68. The predicted molar refractivity (Wildman–Crippen MR) is 97.4 cm³/mol. The number of carboxylic acids is 1. The van der Waals surface area contributed by atoms with Crippen molar-refractivity contribution >= 4 is 22.8 Å². The fourth-order valence-electron chi connectivity index (χ4n) is 2.80. The molecule has 0 radical (unpaired) electrons. The van der Waals surface area contributed by atoms with Crippen molar-refractivity contribution in [2.24, 2.45) is 0 Å². The molecule has 0 saturated heterocycles. The number of carboxylic acid groups (broad SMARTS) is 1.